The molecule has 0 unspecified atom stereocenters. The monoisotopic (exact) mass is 621 g/mol. The van der Waals surface area contributed by atoms with Crippen molar-refractivity contribution < 1.29 is 23.8 Å². The second kappa shape index (κ2) is 18.2. The van der Waals surface area contributed by atoms with Crippen LogP contribution >= 0.6 is 43.2 Å². The van der Waals surface area contributed by atoms with Crippen molar-refractivity contribution in [3.8, 4) is 0 Å². The van der Waals surface area contributed by atoms with Crippen LogP contribution in [0.15, 0.2) is 56.6 Å². The van der Waals surface area contributed by atoms with E-state index in [-0.39, 0.29) is 30.0 Å². The number of carbonyl (C=O) groups is 2. The van der Waals surface area contributed by atoms with Gasteiger partial charge in [0.1, 0.15) is 5.82 Å². The molecule has 0 aliphatic carbocycles. The number of hydrogen-bond donors (Lipinski definition) is 2. The van der Waals surface area contributed by atoms with Crippen LogP contribution in [0, 0.1) is 5.82 Å². The summed E-state index contributed by atoms with van der Waals surface area (Å²) in [6.45, 7) is 9.64. The molecule has 7 nitrogen and oxygen atoms in total. The Hall–Kier alpha value is -2.11. The quantitative estimate of drug-likeness (QED) is 0.305. The minimum Gasteiger partial charge on any atom is -0.478 e. The van der Waals surface area contributed by atoms with Gasteiger partial charge in [0.15, 0.2) is 10.8 Å². The van der Waals surface area contributed by atoms with Gasteiger partial charge in [-0.25, -0.2) is 14.2 Å². The van der Waals surface area contributed by atoms with Crippen LogP contribution in [0.3, 0.4) is 0 Å². The number of amidine groups is 1. The fourth-order valence-corrected chi connectivity index (χ4v) is 3.54. The molecule has 2 aromatic rings. The van der Waals surface area contributed by atoms with Crippen molar-refractivity contribution in [2.45, 2.75) is 47.1 Å². The molecule has 1 aliphatic heterocycles. The van der Waals surface area contributed by atoms with Gasteiger partial charge < -0.3 is 15.2 Å². The van der Waals surface area contributed by atoms with Gasteiger partial charge >= 0.3 is 11.9 Å². The van der Waals surface area contributed by atoms with Crippen molar-refractivity contribution in [3.63, 3.8) is 0 Å². The number of halogens is 3. The molecule has 11 heteroatoms. The number of carboxylic acid groups (broad SMARTS) is 1. The summed E-state index contributed by atoms with van der Waals surface area (Å²) in [7, 11) is 0. The fraction of sp³-hybridized carbons (Fsp3) is 0.391. The van der Waals surface area contributed by atoms with Gasteiger partial charge in [0, 0.05) is 33.5 Å². The van der Waals surface area contributed by atoms with Crippen LogP contribution in [0.4, 0.5) is 4.39 Å². The van der Waals surface area contributed by atoms with Crippen LogP contribution in [0.2, 0.25) is 0 Å². The molecule has 0 saturated carbocycles. The molecular formula is C23H30Br2FN3O4S. The first-order valence-corrected chi connectivity index (χ1v) is 13.3. The predicted molar refractivity (Wildman–Crippen MR) is 142 cm³/mol. The van der Waals surface area contributed by atoms with E-state index in [1.807, 2.05) is 33.1 Å². The molecule has 0 amide bonds. The van der Waals surface area contributed by atoms with Crippen molar-refractivity contribution in [2.75, 3.05) is 11.9 Å². The third-order valence-electron chi connectivity index (χ3n) is 3.50. The van der Waals surface area contributed by atoms with Gasteiger partial charge in [0.25, 0.3) is 0 Å². The Morgan fingerprint density at radius 3 is 2.38 bits per heavy atom. The summed E-state index contributed by atoms with van der Waals surface area (Å²) in [5, 5.41) is 15.0. The third kappa shape index (κ3) is 13.0. The number of aliphatic carboxylic acids is 1. The van der Waals surface area contributed by atoms with Gasteiger partial charge in [0.2, 0.25) is 0 Å². The Kier molecular flexibility index (Phi) is 17.1. The number of alkyl halides is 1. The topological polar surface area (TPSA) is 101 Å². The van der Waals surface area contributed by atoms with Crippen LogP contribution in [-0.4, -0.2) is 45.8 Å². The molecule has 1 aromatic carbocycles. The van der Waals surface area contributed by atoms with E-state index in [0.29, 0.717) is 23.3 Å². The Bertz CT molecular complexity index is 934. The first-order valence-electron chi connectivity index (χ1n) is 10.5. The van der Waals surface area contributed by atoms with Gasteiger partial charge in [-0.3, -0.25) is 9.79 Å². The maximum atomic E-state index is 12.1. The average Bonchev–Trinajstić information content (AvgIpc) is 3.35. The minimum atomic E-state index is -0.941. The van der Waals surface area contributed by atoms with E-state index in [1.165, 1.54) is 23.5 Å². The Balaban J connectivity index is 0.000000512. The van der Waals surface area contributed by atoms with E-state index in [9.17, 15) is 14.0 Å². The molecule has 2 heterocycles. The van der Waals surface area contributed by atoms with E-state index in [0.717, 1.165) is 9.48 Å². The first kappa shape index (κ1) is 31.9. The molecule has 0 saturated heterocycles. The van der Waals surface area contributed by atoms with Crippen LogP contribution in [0.1, 0.15) is 46.0 Å². The second-order valence-corrected chi connectivity index (χ2v) is 8.73. The number of aromatic nitrogens is 1. The SMILES string of the molecule is CC.CCC(=O)OC(C)C.Fc1cccc(Br)c1.O=C(O)C1=C(CBr)NC(c2nccs2)=NC1. The lowest BCUT2D eigenvalue weighted by molar-refractivity contribution is -0.147. The molecule has 3 rings (SSSR count). The van der Waals surface area contributed by atoms with Crippen molar-refractivity contribution in [2.24, 2.45) is 4.99 Å². The normalized spacial score (nSPS) is 12.0. The lowest BCUT2D eigenvalue weighted by Gasteiger charge is -2.17. The zero-order valence-corrected chi connectivity index (χ0v) is 23.8. The van der Waals surface area contributed by atoms with Gasteiger partial charge in [-0.2, -0.15) is 0 Å². The van der Waals surface area contributed by atoms with Gasteiger partial charge in [-0.05, 0) is 32.0 Å². The molecular weight excluding hydrogens is 593 g/mol. The summed E-state index contributed by atoms with van der Waals surface area (Å²) in [6.07, 6.45) is 2.19. The second-order valence-electron chi connectivity index (χ2n) is 6.36. The Morgan fingerprint density at radius 2 is 2.00 bits per heavy atom. The molecule has 0 bridgehead atoms. The average molecular weight is 623 g/mol. The van der Waals surface area contributed by atoms with E-state index in [2.05, 4.69) is 47.2 Å². The molecule has 34 heavy (non-hydrogen) atoms. The number of nitrogens with one attached hydrogen (secondary N) is 1. The predicted octanol–water partition coefficient (Wildman–Crippen LogP) is 6.19. The zero-order chi connectivity index (χ0) is 26.1. The smallest absolute Gasteiger partial charge is 0.335 e. The van der Waals surface area contributed by atoms with Crippen molar-refractivity contribution in [3.05, 3.63) is 62.4 Å². The molecule has 1 aliphatic rings. The number of benzene rings is 1. The number of allylic oxidation sites excluding steroid dienone is 1. The van der Waals surface area contributed by atoms with E-state index < -0.39 is 5.97 Å². The van der Waals surface area contributed by atoms with Crippen LogP contribution in [-0.2, 0) is 14.3 Å². The lowest BCUT2D eigenvalue weighted by atomic mass is 10.2. The summed E-state index contributed by atoms with van der Waals surface area (Å²) < 4.78 is 17.7. The highest BCUT2D eigenvalue weighted by atomic mass is 79.9. The van der Waals surface area contributed by atoms with E-state index in [1.54, 1.807) is 25.3 Å². The molecule has 188 valence electrons. The number of ether oxygens (including phenoxy) is 1. The maximum absolute atomic E-state index is 12.1. The maximum Gasteiger partial charge on any atom is 0.335 e. The summed E-state index contributed by atoms with van der Waals surface area (Å²) in [4.78, 5) is 29.6. The number of aliphatic imine (C=N–C) groups is 1. The highest BCUT2D eigenvalue weighted by Crippen LogP contribution is 2.15. The number of nitrogens with zero attached hydrogens (tertiary/aromatic N) is 2. The first-order chi connectivity index (χ1) is 16.2. The third-order valence-corrected chi connectivity index (χ3v) is 5.33. The van der Waals surface area contributed by atoms with Crippen LogP contribution < -0.4 is 5.32 Å². The molecule has 1 aromatic heterocycles. The lowest BCUT2D eigenvalue weighted by Crippen LogP contribution is -2.32. The summed E-state index contributed by atoms with van der Waals surface area (Å²) >= 11 is 7.84. The van der Waals surface area contributed by atoms with Gasteiger partial charge in [-0.15, -0.1) is 11.3 Å². The number of rotatable bonds is 5. The molecule has 2 N–H and O–H groups in total. The van der Waals surface area contributed by atoms with Crippen LogP contribution in [0.25, 0.3) is 0 Å². The summed E-state index contributed by atoms with van der Waals surface area (Å²) in [6, 6.07) is 6.26. The zero-order valence-electron chi connectivity index (χ0n) is 19.8. The van der Waals surface area contributed by atoms with E-state index in [4.69, 9.17) is 9.84 Å². The van der Waals surface area contributed by atoms with Crippen molar-refractivity contribution in [1.29, 1.82) is 0 Å². The van der Waals surface area contributed by atoms with Gasteiger partial charge in [0.05, 0.1) is 18.2 Å². The fourth-order valence-electron chi connectivity index (χ4n) is 2.09. The van der Waals surface area contributed by atoms with Crippen LogP contribution in [0.5, 0.6) is 0 Å². The van der Waals surface area contributed by atoms with Crippen molar-refractivity contribution >= 4 is 61.0 Å². The number of esters is 1. The molecule has 0 radical (unpaired) electrons. The summed E-state index contributed by atoms with van der Waals surface area (Å²) in [5.74, 6) is -0.641. The highest BCUT2D eigenvalue weighted by molar-refractivity contribution is 9.10. The largest absolute Gasteiger partial charge is 0.478 e. The standard InChI is InChI=1S/C9H8BrN3O2S.C6H4BrF.C6H12O2.C2H6/c10-3-6-5(9(14)15)4-12-7(13-6)8-11-1-2-16-8;7-5-2-1-3-6(8)4-5;1-4-6(7)8-5(2)3;1-2/h1-2H,3-4H2,(H,12,13)(H,14,15);1-4H;5H,4H2,1-3H3;1-2H3. The molecule has 0 fully saturated rings. The van der Waals surface area contributed by atoms with Gasteiger partial charge in [-0.1, -0.05) is 58.7 Å². The highest BCUT2D eigenvalue weighted by Gasteiger charge is 2.20. The molecule has 0 spiro atoms. The van der Waals surface area contributed by atoms with Crippen molar-refractivity contribution in [1.82, 2.24) is 10.3 Å². The number of thiazole rings is 1. The summed E-state index contributed by atoms with van der Waals surface area (Å²) in [5.41, 5.74) is 0.921. The number of carboxylic acids is 1. The number of hydrogen-bond acceptors (Lipinski definition) is 7. The minimum absolute atomic E-state index is 0.0300. The Morgan fingerprint density at radius 1 is 1.32 bits per heavy atom. The molecule has 0 atom stereocenters. The number of carbonyl (C=O) groups excluding carboxylic acids is 1. The van der Waals surface area contributed by atoms with E-state index >= 15 is 0 Å². The Labute approximate surface area is 220 Å².